The van der Waals surface area contributed by atoms with Crippen molar-refractivity contribution in [2.45, 2.75) is 15.2 Å². The van der Waals surface area contributed by atoms with Gasteiger partial charge in [-0.1, -0.05) is 169 Å². The van der Waals surface area contributed by atoms with Crippen LogP contribution in [0.2, 0.25) is 0 Å². The molecule has 9 aromatic carbocycles. The van der Waals surface area contributed by atoms with Crippen LogP contribution in [0.5, 0.6) is 0 Å². The van der Waals surface area contributed by atoms with E-state index in [-0.39, 0.29) is 70.1 Å². The maximum Gasteiger partial charge on any atom is 0.0725 e. The number of hydrogen-bond donors (Lipinski definition) is 0. The minimum absolute atomic E-state index is 0.0506. The Labute approximate surface area is 323 Å². The van der Waals surface area contributed by atoms with Crippen LogP contribution in [0.25, 0.3) is 77.2 Å². The van der Waals surface area contributed by atoms with E-state index in [1.54, 1.807) is 6.07 Å². The zero-order chi connectivity index (χ0) is 44.4. The van der Waals surface area contributed by atoms with Gasteiger partial charge >= 0.3 is 0 Å². The smallest absolute Gasteiger partial charge is 0.0725 e. The lowest BCUT2D eigenvalue weighted by molar-refractivity contribution is 0.795. The summed E-state index contributed by atoms with van der Waals surface area (Å²) in [5.74, 6) is 0. The van der Waals surface area contributed by atoms with Crippen LogP contribution in [0.1, 0.15) is 38.7 Å². The predicted molar refractivity (Wildman–Crippen MR) is 218 cm³/mol. The zero-order valence-electron chi connectivity index (χ0n) is 39.3. The van der Waals surface area contributed by atoms with E-state index in [1.165, 1.54) is 11.8 Å². The van der Waals surface area contributed by atoms with Gasteiger partial charge in [-0.2, -0.15) is 0 Å². The van der Waals surface area contributed by atoms with Crippen molar-refractivity contribution in [1.29, 1.82) is 0 Å². The molecule has 1 unspecified atom stereocenters. The molecule has 2 aliphatic carbocycles. The highest BCUT2D eigenvalue weighted by atomic mass is 32.2. The lowest BCUT2D eigenvalue weighted by Gasteiger charge is -2.31. The van der Waals surface area contributed by atoms with Gasteiger partial charge in [0.25, 0.3) is 0 Å². The van der Waals surface area contributed by atoms with E-state index < -0.39 is 35.6 Å². The van der Waals surface area contributed by atoms with Crippen LogP contribution in [0.4, 0.5) is 0 Å². The quantitative estimate of drug-likeness (QED) is 0.174. The Morgan fingerprint density at radius 3 is 2.17 bits per heavy atom. The Bertz CT molecular complexity index is 3660. The summed E-state index contributed by atoms with van der Waals surface area (Å²) in [7, 11) is 0. The molecule has 1 heteroatoms. The van der Waals surface area contributed by atoms with Crippen molar-refractivity contribution >= 4 is 33.3 Å². The standard InChI is InChI=1S/C51H30S/c1-2-11-31(12-3-1)35-25-28-48-50-39(35)17-10-18-40(50)42-29-33(23-27-47(42)52-48)34-21-24-38-37-15-6-8-19-43(37)51(46(38)30-34)44-20-9-7-16-41(44)49-36-14-5-4-13-32(36)22-26-45(49)51/h1-30H/i1D,2D,3D,6D,8D,11D,12D,15D,19D,21D,24D,30D. The zero-order valence-corrected chi connectivity index (χ0v) is 28.1. The summed E-state index contributed by atoms with van der Waals surface area (Å²) in [4.78, 5) is 1.82. The van der Waals surface area contributed by atoms with Crippen molar-refractivity contribution in [2.75, 3.05) is 0 Å². The second-order valence-electron chi connectivity index (χ2n) is 13.4. The minimum atomic E-state index is -1.43. The van der Waals surface area contributed by atoms with Gasteiger partial charge in [-0.15, -0.1) is 0 Å². The Hall–Kier alpha value is -6.15. The van der Waals surface area contributed by atoms with Crippen LogP contribution in [0.15, 0.2) is 191 Å². The molecule has 0 radical (unpaired) electrons. The fourth-order valence-electron chi connectivity index (χ4n) is 8.90. The highest BCUT2D eigenvalue weighted by Gasteiger charge is 2.52. The normalized spacial score (nSPS) is 18.9. The summed E-state index contributed by atoms with van der Waals surface area (Å²) in [6, 6.07) is 31.1. The molecule has 1 heterocycles. The molecule has 0 N–H and O–H groups in total. The molecule has 0 fully saturated rings. The maximum atomic E-state index is 10.3. The van der Waals surface area contributed by atoms with Crippen molar-refractivity contribution in [2.24, 2.45) is 0 Å². The maximum absolute atomic E-state index is 10.3. The van der Waals surface area contributed by atoms with Crippen molar-refractivity contribution in [3.05, 3.63) is 204 Å². The molecule has 52 heavy (non-hydrogen) atoms. The van der Waals surface area contributed by atoms with Gasteiger partial charge in [0.15, 0.2) is 0 Å². The molecule has 12 rings (SSSR count). The summed E-state index contributed by atoms with van der Waals surface area (Å²) in [5, 5.41) is 3.47. The van der Waals surface area contributed by atoms with E-state index in [0.717, 1.165) is 59.3 Å². The summed E-state index contributed by atoms with van der Waals surface area (Å²) in [6.07, 6.45) is 0. The number of fused-ring (bicyclic) bond motifs is 14. The van der Waals surface area contributed by atoms with Crippen LogP contribution < -0.4 is 0 Å². The number of benzene rings is 9. The van der Waals surface area contributed by atoms with E-state index in [4.69, 9.17) is 9.60 Å². The van der Waals surface area contributed by atoms with Gasteiger partial charge < -0.3 is 0 Å². The summed E-state index contributed by atoms with van der Waals surface area (Å²) in [6.45, 7) is 0. The first-order chi connectivity index (χ1) is 30.8. The summed E-state index contributed by atoms with van der Waals surface area (Å²) in [5.41, 5.74) is 5.64. The van der Waals surface area contributed by atoms with Crippen molar-refractivity contribution < 1.29 is 16.4 Å². The molecule has 3 aliphatic rings. The average molecular weight is 687 g/mol. The second-order valence-corrected chi connectivity index (χ2v) is 14.5. The second kappa shape index (κ2) is 10.4. The fraction of sp³-hybridized carbons (Fsp3) is 0.0196. The molecule has 0 saturated carbocycles. The third kappa shape index (κ3) is 3.63. The minimum Gasteiger partial charge on any atom is -0.0888 e. The molecule has 240 valence electrons. The Kier molecular flexibility index (Phi) is 3.91. The van der Waals surface area contributed by atoms with E-state index >= 15 is 0 Å². The van der Waals surface area contributed by atoms with Crippen LogP contribution in [0, 0.1) is 0 Å². The molecule has 0 aromatic heterocycles. The van der Waals surface area contributed by atoms with E-state index in [2.05, 4.69) is 0 Å². The summed E-state index contributed by atoms with van der Waals surface area (Å²) >= 11 is 1.52. The van der Waals surface area contributed by atoms with Crippen LogP contribution in [-0.4, -0.2) is 0 Å². The van der Waals surface area contributed by atoms with Gasteiger partial charge in [-0.25, -0.2) is 0 Å². The molecule has 0 amide bonds. The molecular formula is C51H30S. The van der Waals surface area contributed by atoms with Crippen LogP contribution in [0.3, 0.4) is 0 Å². The largest absolute Gasteiger partial charge is 0.0888 e. The fourth-order valence-corrected chi connectivity index (χ4v) is 10.0. The molecule has 0 saturated heterocycles. The predicted octanol–water partition coefficient (Wildman–Crippen LogP) is 13.8. The topological polar surface area (TPSA) is 0 Å². The lowest BCUT2D eigenvalue weighted by Crippen LogP contribution is -2.25. The summed E-state index contributed by atoms with van der Waals surface area (Å²) < 4.78 is 109. The Morgan fingerprint density at radius 1 is 0.423 bits per heavy atom. The number of hydrogen-bond acceptors (Lipinski definition) is 1. The molecule has 1 aliphatic heterocycles. The average Bonchev–Trinajstić information content (AvgIpc) is 3.80. The monoisotopic (exact) mass is 686 g/mol. The van der Waals surface area contributed by atoms with Crippen molar-refractivity contribution in [3.63, 3.8) is 0 Å². The van der Waals surface area contributed by atoms with Gasteiger partial charge in [0, 0.05) is 15.2 Å². The lowest BCUT2D eigenvalue weighted by atomic mass is 9.70. The van der Waals surface area contributed by atoms with E-state index in [0.29, 0.717) is 22.1 Å². The van der Waals surface area contributed by atoms with Gasteiger partial charge in [0.05, 0.1) is 21.9 Å². The Morgan fingerprint density at radius 2 is 1.21 bits per heavy atom. The molecular weight excluding hydrogens is 645 g/mol. The van der Waals surface area contributed by atoms with Gasteiger partial charge in [0.2, 0.25) is 0 Å². The molecule has 9 aromatic rings. The third-order valence-corrected chi connectivity index (χ3v) is 12.1. The van der Waals surface area contributed by atoms with Crippen LogP contribution in [-0.2, 0) is 5.41 Å². The number of rotatable bonds is 2. The first kappa shape index (κ1) is 19.5. The van der Waals surface area contributed by atoms with E-state index in [9.17, 15) is 6.85 Å². The SMILES string of the molecule is [2H]c1c([2H])c([2H])c(-c2ccc3c4c(cccc24)-c2cc(-c4c([2H])c([2H])c5c(c4[2H])C4(c6ccccc6-c6c4ccc4ccccc64)c4c([2H])c([2H])c([2H])c([2H])c4-5)ccc2S3)c([2H])c1[2H]. The van der Waals surface area contributed by atoms with Crippen molar-refractivity contribution in [1.82, 2.24) is 0 Å². The molecule has 0 nitrogen and oxygen atoms in total. The van der Waals surface area contributed by atoms with E-state index in [1.807, 2.05) is 103 Å². The highest BCUT2D eigenvalue weighted by Crippen LogP contribution is 2.64. The molecule has 0 bridgehead atoms. The molecule has 1 spiro atoms. The van der Waals surface area contributed by atoms with Crippen LogP contribution >= 0.6 is 11.8 Å². The first-order valence-corrected chi connectivity index (χ1v) is 17.9. The Balaban J connectivity index is 1.15. The highest BCUT2D eigenvalue weighted by molar-refractivity contribution is 7.99. The van der Waals surface area contributed by atoms with Gasteiger partial charge in [0.1, 0.15) is 0 Å². The van der Waals surface area contributed by atoms with Crippen molar-refractivity contribution in [3.8, 4) is 55.6 Å². The van der Waals surface area contributed by atoms with Gasteiger partial charge in [-0.05, 0) is 118 Å². The molecule has 1 atom stereocenters. The third-order valence-electron chi connectivity index (χ3n) is 11.0. The first-order valence-electron chi connectivity index (χ1n) is 23.1. The van der Waals surface area contributed by atoms with Gasteiger partial charge in [-0.3, -0.25) is 0 Å².